The van der Waals surface area contributed by atoms with E-state index in [1.165, 1.54) is 35.0 Å². The number of aliphatic hydroxyl groups excluding tert-OH is 1. The highest BCUT2D eigenvalue weighted by atomic mass is 32.2. The molecule has 1 aliphatic rings. The van der Waals surface area contributed by atoms with Crippen molar-refractivity contribution in [1.29, 1.82) is 0 Å². The number of anilines is 1. The molecule has 2 heterocycles. The van der Waals surface area contributed by atoms with E-state index in [1.807, 2.05) is 42.5 Å². The van der Waals surface area contributed by atoms with Gasteiger partial charge in [-0.3, -0.25) is 8.98 Å². The minimum atomic E-state index is -4.10. The van der Waals surface area contributed by atoms with Gasteiger partial charge in [-0.25, -0.2) is 15.1 Å². The molecule has 1 saturated carbocycles. The van der Waals surface area contributed by atoms with Gasteiger partial charge in [0.1, 0.15) is 12.1 Å². The van der Waals surface area contributed by atoms with Crippen molar-refractivity contribution in [3.8, 4) is 0 Å². The summed E-state index contributed by atoms with van der Waals surface area (Å²) in [6.07, 6.45) is 4.29. The van der Waals surface area contributed by atoms with Gasteiger partial charge in [0.05, 0.1) is 23.2 Å². The van der Waals surface area contributed by atoms with Crippen LogP contribution in [0.2, 0.25) is 0 Å². The van der Waals surface area contributed by atoms with E-state index in [4.69, 9.17) is 5.14 Å². The van der Waals surface area contributed by atoms with E-state index in [0.29, 0.717) is 35.5 Å². The summed E-state index contributed by atoms with van der Waals surface area (Å²) in [4.78, 5) is 23.9. The van der Waals surface area contributed by atoms with Gasteiger partial charge < -0.3 is 10.4 Å². The second-order valence-corrected chi connectivity index (χ2v) is 12.3. The lowest BCUT2D eigenvalue weighted by molar-refractivity contribution is 0.101. The van der Waals surface area contributed by atoms with Crippen LogP contribution < -0.4 is 10.5 Å². The number of nitrogens with one attached hydrogen (secondary N) is 1. The maximum absolute atomic E-state index is 13.8. The van der Waals surface area contributed by atoms with E-state index in [-0.39, 0.29) is 18.4 Å². The number of carbonyl (C=O) groups is 1. The summed E-state index contributed by atoms with van der Waals surface area (Å²) in [5, 5.41) is 18.6. The Balaban J connectivity index is 1.37. The Morgan fingerprint density at radius 1 is 1.05 bits per heavy atom. The van der Waals surface area contributed by atoms with Gasteiger partial charge in [-0.1, -0.05) is 60.7 Å². The van der Waals surface area contributed by atoms with Crippen molar-refractivity contribution >= 4 is 33.2 Å². The summed E-state index contributed by atoms with van der Waals surface area (Å²) in [7, 11) is -4.10. The minimum absolute atomic E-state index is 0.186. The van der Waals surface area contributed by atoms with Crippen molar-refractivity contribution in [3.63, 3.8) is 0 Å². The van der Waals surface area contributed by atoms with Gasteiger partial charge in [0, 0.05) is 29.5 Å². The third-order valence-electron chi connectivity index (χ3n) is 6.97. The van der Waals surface area contributed by atoms with E-state index >= 15 is 0 Å². The van der Waals surface area contributed by atoms with Crippen LogP contribution in [0, 0.1) is 5.92 Å². The first-order valence-corrected chi connectivity index (χ1v) is 15.2. The van der Waals surface area contributed by atoms with Crippen LogP contribution >= 0.6 is 11.3 Å². The van der Waals surface area contributed by atoms with Gasteiger partial charge in [-0.2, -0.15) is 8.42 Å². The Hall–Kier alpha value is -3.48. The fraction of sp³-hybridized carbons (Fsp3) is 0.276. The van der Waals surface area contributed by atoms with E-state index in [9.17, 15) is 18.3 Å². The quantitative estimate of drug-likeness (QED) is 0.228. The van der Waals surface area contributed by atoms with Crippen LogP contribution in [0.5, 0.6) is 0 Å². The normalized spacial score (nSPS) is 19.0. The minimum Gasteiger partial charge on any atom is -0.393 e. The fourth-order valence-corrected chi connectivity index (χ4v) is 6.53. The molecule has 11 heteroatoms. The van der Waals surface area contributed by atoms with Crippen LogP contribution in [0.25, 0.3) is 0 Å². The number of nitrogens with two attached hydrogens (primary N) is 1. The molecule has 5 rings (SSSR count). The summed E-state index contributed by atoms with van der Waals surface area (Å²) in [6.45, 7) is -0.211. The predicted molar refractivity (Wildman–Crippen MR) is 153 cm³/mol. The number of rotatable bonds is 11. The molecule has 0 amide bonds. The molecular formula is C29H30N4O5S2. The molecule has 2 aromatic heterocycles. The van der Waals surface area contributed by atoms with Crippen molar-refractivity contribution in [1.82, 2.24) is 9.97 Å². The standard InChI is InChI=1S/C29H30N4O5S2/c30-40(36,37)38-17-22-13-23(15-25(22)34)33-29-24(16-31-18-32-29)28(35)27-14-21(11-19-7-3-1-4-8-19)26(39-27)12-20-9-5-2-6-10-20/h1-10,14,16,18,22-23,25,34H,11-13,15,17H2,(H2,30,36,37)(H,31,32,33)/t22-,23-,25+/m1/s1. The van der Waals surface area contributed by atoms with Crippen LogP contribution in [0.15, 0.2) is 79.3 Å². The fourth-order valence-electron chi connectivity index (χ4n) is 4.99. The van der Waals surface area contributed by atoms with Crippen molar-refractivity contribution < 1.29 is 22.5 Å². The third-order valence-corrected chi connectivity index (χ3v) is 8.61. The number of carbonyl (C=O) groups excluding carboxylic acids is 1. The molecule has 208 valence electrons. The highest BCUT2D eigenvalue weighted by molar-refractivity contribution is 7.84. The summed E-state index contributed by atoms with van der Waals surface area (Å²) < 4.78 is 27.0. The molecule has 0 bridgehead atoms. The SMILES string of the molecule is NS(=O)(=O)OC[C@H]1C[C@@H](Nc2ncncc2C(=O)c2cc(Cc3ccccc3)c(Cc3ccccc3)s2)C[C@@H]1O. The van der Waals surface area contributed by atoms with Gasteiger partial charge in [0.15, 0.2) is 0 Å². The Morgan fingerprint density at radius 2 is 1.73 bits per heavy atom. The summed E-state index contributed by atoms with van der Waals surface area (Å²) >= 11 is 1.48. The van der Waals surface area contributed by atoms with Gasteiger partial charge in [0.2, 0.25) is 5.78 Å². The lowest BCUT2D eigenvalue weighted by atomic mass is 10.0. The first-order valence-electron chi connectivity index (χ1n) is 12.9. The first kappa shape index (κ1) is 28.1. The Kier molecular flexibility index (Phi) is 8.67. The third kappa shape index (κ3) is 7.18. The highest BCUT2D eigenvalue weighted by Gasteiger charge is 2.35. The van der Waals surface area contributed by atoms with Gasteiger partial charge >= 0.3 is 10.3 Å². The molecule has 0 aliphatic heterocycles. The molecule has 4 N–H and O–H groups in total. The monoisotopic (exact) mass is 578 g/mol. The smallest absolute Gasteiger partial charge is 0.333 e. The van der Waals surface area contributed by atoms with Gasteiger partial charge in [-0.15, -0.1) is 11.3 Å². The number of hydrogen-bond donors (Lipinski definition) is 3. The number of hydrogen-bond acceptors (Lipinski definition) is 9. The molecule has 2 aromatic carbocycles. The lowest BCUT2D eigenvalue weighted by Gasteiger charge is -2.15. The summed E-state index contributed by atoms with van der Waals surface area (Å²) in [5.41, 5.74) is 3.77. The van der Waals surface area contributed by atoms with Crippen molar-refractivity contribution in [2.45, 2.75) is 37.8 Å². The molecule has 40 heavy (non-hydrogen) atoms. The van der Waals surface area contributed by atoms with Gasteiger partial charge in [0.25, 0.3) is 0 Å². The predicted octanol–water partition coefficient (Wildman–Crippen LogP) is 3.72. The zero-order valence-electron chi connectivity index (χ0n) is 21.6. The largest absolute Gasteiger partial charge is 0.393 e. The second kappa shape index (κ2) is 12.4. The molecule has 0 unspecified atom stereocenters. The number of aromatic nitrogens is 2. The molecular weight excluding hydrogens is 548 g/mol. The van der Waals surface area contributed by atoms with Crippen LogP contribution in [-0.2, 0) is 27.3 Å². The molecule has 3 atom stereocenters. The van der Waals surface area contributed by atoms with Gasteiger partial charge in [-0.05, 0) is 42.0 Å². The average Bonchev–Trinajstić information content (AvgIpc) is 3.50. The van der Waals surface area contributed by atoms with Crippen LogP contribution in [0.3, 0.4) is 0 Å². The molecule has 1 aliphatic carbocycles. The zero-order valence-corrected chi connectivity index (χ0v) is 23.3. The Bertz CT molecular complexity index is 1500. The molecule has 9 nitrogen and oxygen atoms in total. The first-order chi connectivity index (χ1) is 19.2. The van der Waals surface area contributed by atoms with E-state index in [0.717, 1.165) is 16.9 Å². The number of aliphatic hydroxyl groups is 1. The number of benzene rings is 2. The molecule has 0 saturated heterocycles. The topological polar surface area (TPSA) is 144 Å². The molecule has 4 aromatic rings. The summed E-state index contributed by atoms with van der Waals surface area (Å²) in [5.74, 6) is -0.239. The zero-order chi connectivity index (χ0) is 28.1. The van der Waals surface area contributed by atoms with Crippen LogP contribution in [-0.4, -0.2) is 48.0 Å². The van der Waals surface area contributed by atoms with Crippen LogP contribution in [0.4, 0.5) is 5.82 Å². The lowest BCUT2D eigenvalue weighted by Crippen LogP contribution is -2.24. The number of thiophene rings is 1. The second-order valence-electron chi connectivity index (χ2n) is 9.92. The molecule has 0 spiro atoms. The van der Waals surface area contributed by atoms with E-state index < -0.39 is 22.3 Å². The molecule has 0 radical (unpaired) electrons. The maximum Gasteiger partial charge on any atom is 0.333 e. The number of ketones is 1. The van der Waals surface area contributed by atoms with Crippen molar-refractivity contribution in [2.75, 3.05) is 11.9 Å². The maximum atomic E-state index is 13.8. The van der Waals surface area contributed by atoms with Crippen molar-refractivity contribution in [3.05, 3.63) is 111 Å². The Morgan fingerprint density at radius 3 is 2.40 bits per heavy atom. The van der Waals surface area contributed by atoms with E-state index in [2.05, 4.69) is 43.7 Å². The van der Waals surface area contributed by atoms with E-state index in [1.54, 1.807) is 0 Å². The Labute approximate surface area is 237 Å². The number of nitrogens with zero attached hydrogens (tertiary/aromatic N) is 2. The van der Waals surface area contributed by atoms with Crippen molar-refractivity contribution in [2.24, 2.45) is 11.1 Å². The molecule has 1 fully saturated rings. The highest BCUT2D eigenvalue weighted by Crippen LogP contribution is 2.32. The summed E-state index contributed by atoms with van der Waals surface area (Å²) in [6, 6.07) is 22.1. The average molecular weight is 579 g/mol. The van der Waals surface area contributed by atoms with Crippen LogP contribution in [0.1, 0.15) is 49.6 Å².